The molecule has 0 bridgehead atoms. The highest BCUT2D eigenvalue weighted by molar-refractivity contribution is 6.04. The van der Waals surface area contributed by atoms with E-state index in [1.54, 1.807) is 12.4 Å². The summed E-state index contributed by atoms with van der Waals surface area (Å²) in [5.41, 5.74) is 2.05. The Hall–Kier alpha value is -3.19. The molecule has 0 saturated carbocycles. The van der Waals surface area contributed by atoms with Crippen LogP contribution >= 0.6 is 0 Å². The zero-order valence-corrected chi connectivity index (χ0v) is 15.9. The SMILES string of the molecule is C[C@@H]1CN(c2ccc(NC(=O)Nc3cccc4cccnc34)cn2)C[C@@H](C)O1. The first-order valence-corrected chi connectivity index (χ1v) is 9.37. The van der Waals surface area contributed by atoms with Crippen molar-refractivity contribution < 1.29 is 9.53 Å². The molecule has 1 aliphatic rings. The lowest BCUT2D eigenvalue weighted by molar-refractivity contribution is -0.00545. The van der Waals surface area contributed by atoms with Crippen LogP contribution in [0.5, 0.6) is 0 Å². The summed E-state index contributed by atoms with van der Waals surface area (Å²) in [5.74, 6) is 0.881. The van der Waals surface area contributed by atoms with Gasteiger partial charge in [-0.3, -0.25) is 4.98 Å². The van der Waals surface area contributed by atoms with Crippen molar-refractivity contribution in [3.8, 4) is 0 Å². The van der Waals surface area contributed by atoms with Gasteiger partial charge in [0.15, 0.2) is 0 Å². The van der Waals surface area contributed by atoms with E-state index in [0.29, 0.717) is 11.4 Å². The normalized spacial score (nSPS) is 19.4. The Morgan fingerprint density at radius 1 is 1.04 bits per heavy atom. The number of pyridine rings is 2. The van der Waals surface area contributed by atoms with Crippen molar-refractivity contribution in [1.29, 1.82) is 0 Å². The van der Waals surface area contributed by atoms with E-state index >= 15 is 0 Å². The maximum atomic E-state index is 12.4. The van der Waals surface area contributed by atoms with E-state index in [9.17, 15) is 4.79 Å². The van der Waals surface area contributed by atoms with E-state index in [1.165, 1.54) is 0 Å². The number of ether oxygens (including phenoxy) is 1. The van der Waals surface area contributed by atoms with Crippen LogP contribution in [0.2, 0.25) is 0 Å². The summed E-state index contributed by atoms with van der Waals surface area (Å²) < 4.78 is 5.76. The molecule has 4 rings (SSSR count). The quantitative estimate of drug-likeness (QED) is 0.724. The van der Waals surface area contributed by atoms with E-state index in [2.05, 4.69) is 39.3 Å². The van der Waals surface area contributed by atoms with Crippen molar-refractivity contribution in [2.24, 2.45) is 0 Å². The molecular weight excluding hydrogens is 354 g/mol. The lowest BCUT2D eigenvalue weighted by Crippen LogP contribution is -2.45. The fourth-order valence-corrected chi connectivity index (χ4v) is 3.50. The fraction of sp³-hybridized carbons (Fsp3) is 0.286. The van der Waals surface area contributed by atoms with E-state index in [-0.39, 0.29) is 18.2 Å². The van der Waals surface area contributed by atoms with Gasteiger partial charge in [-0.25, -0.2) is 9.78 Å². The molecule has 2 N–H and O–H groups in total. The fourth-order valence-electron chi connectivity index (χ4n) is 3.50. The molecule has 1 fully saturated rings. The summed E-state index contributed by atoms with van der Waals surface area (Å²) in [4.78, 5) is 23.4. The Bertz CT molecular complexity index is 961. The van der Waals surface area contributed by atoms with Crippen molar-refractivity contribution in [3.63, 3.8) is 0 Å². The van der Waals surface area contributed by atoms with Gasteiger partial charge in [0.2, 0.25) is 0 Å². The zero-order chi connectivity index (χ0) is 19.5. The monoisotopic (exact) mass is 377 g/mol. The van der Waals surface area contributed by atoms with Gasteiger partial charge in [-0.2, -0.15) is 0 Å². The number of hydrogen-bond acceptors (Lipinski definition) is 5. The summed E-state index contributed by atoms with van der Waals surface area (Å²) in [5, 5.41) is 6.65. The minimum Gasteiger partial charge on any atom is -0.372 e. The molecule has 0 unspecified atom stereocenters. The summed E-state index contributed by atoms with van der Waals surface area (Å²) in [7, 11) is 0. The van der Waals surface area contributed by atoms with Crippen LogP contribution in [-0.4, -0.2) is 41.3 Å². The Morgan fingerprint density at radius 3 is 2.57 bits per heavy atom. The van der Waals surface area contributed by atoms with Crippen molar-refractivity contribution in [1.82, 2.24) is 9.97 Å². The number of fused-ring (bicyclic) bond motifs is 1. The van der Waals surface area contributed by atoms with Crippen LogP contribution in [0.15, 0.2) is 54.9 Å². The van der Waals surface area contributed by atoms with Crippen LogP contribution < -0.4 is 15.5 Å². The molecule has 1 aliphatic heterocycles. The number of hydrogen-bond donors (Lipinski definition) is 2. The third kappa shape index (κ3) is 4.04. The molecule has 1 aromatic carbocycles. The minimum absolute atomic E-state index is 0.170. The lowest BCUT2D eigenvalue weighted by Gasteiger charge is -2.36. The number of urea groups is 1. The standard InChI is InChI=1S/C21H23N5O2/c1-14-12-26(13-15(2)28-14)19-9-8-17(11-23-19)24-21(27)25-18-7-3-5-16-6-4-10-22-20(16)18/h3-11,14-15H,12-13H2,1-2H3,(H2,24,25,27)/t14-,15-/m1/s1. The van der Waals surface area contributed by atoms with Gasteiger partial charge in [-0.05, 0) is 38.1 Å². The van der Waals surface area contributed by atoms with Gasteiger partial charge < -0.3 is 20.3 Å². The molecular formula is C21H23N5O2. The van der Waals surface area contributed by atoms with E-state index in [1.807, 2.05) is 42.5 Å². The van der Waals surface area contributed by atoms with Gasteiger partial charge >= 0.3 is 6.03 Å². The highest BCUT2D eigenvalue weighted by Crippen LogP contribution is 2.22. The van der Waals surface area contributed by atoms with Gasteiger partial charge in [0.25, 0.3) is 0 Å². The van der Waals surface area contributed by atoms with Crippen molar-refractivity contribution in [2.45, 2.75) is 26.1 Å². The number of carbonyl (C=O) groups is 1. The third-order valence-electron chi connectivity index (χ3n) is 4.63. The molecule has 3 heterocycles. The highest BCUT2D eigenvalue weighted by Gasteiger charge is 2.23. The van der Waals surface area contributed by atoms with E-state index in [0.717, 1.165) is 29.8 Å². The molecule has 3 aromatic rings. The summed E-state index contributed by atoms with van der Waals surface area (Å²) in [6.45, 7) is 5.73. The first kappa shape index (κ1) is 18.2. The maximum absolute atomic E-state index is 12.4. The maximum Gasteiger partial charge on any atom is 0.323 e. The number of anilines is 3. The number of nitrogens with zero attached hydrogens (tertiary/aromatic N) is 3. The average Bonchev–Trinajstić information content (AvgIpc) is 2.68. The molecule has 0 aliphatic carbocycles. The minimum atomic E-state index is -0.332. The van der Waals surface area contributed by atoms with Crippen molar-refractivity contribution >= 4 is 34.1 Å². The summed E-state index contributed by atoms with van der Waals surface area (Å²) >= 11 is 0. The second kappa shape index (κ2) is 7.82. The summed E-state index contributed by atoms with van der Waals surface area (Å²) in [6, 6.07) is 12.9. The third-order valence-corrected chi connectivity index (χ3v) is 4.63. The molecule has 2 atom stereocenters. The van der Waals surface area contributed by atoms with Crippen LogP contribution in [-0.2, 0) is 4.74 Å². The Kier molecular flexibility index (Phi) is 5.08. The van der Waals surface area contributed by atoms with Crippen LogP contribution in [0.25, 0.3) is 10.9 Å². The molecule has 0 spiro atoms. The molecule has 144 valence electrons. The topological polar surface area (TPSA) is 79.4 Å². The van der Waals surface area contributed by atoms with Crippen LogP contribution in [0.3, 0.4) is 0 Å². The Labute approximate surface area is 163 Å². The Morgan fingerprint density at radius 2 is 1.82 bits per heavy atom. The molecule has 28 heavy (non-hydrogen) atoms. The van der Waals surface area contributed by atoms with E-state index in [4.69, 9.17) is 4.74 Å². The number of para-hydroxylation sites is 1. The molecule has 7 nitrogen and oxygen atoms in total. The first-order valence-electron chi connectivity index (χ1n) is 9.37. The number of carbonyl (C=O) groups excluding carboxylic acids is 1. The second-order valence-corrected chi connectivity index (χ2v) is 7.03. The summed E-state index contributed by atoms with van der Waals surface area (Å²) in [6.07, 6.45) is 3.72. The second-order valence-electron chi connectivity index (χ2n) is 7.03. The number of amides is 2. The number of benzene rings is 1. The van der Waals surface area contributed by atoms with E-state index < -0.39 is 0 Å². The molecule has 1 saturated heterocycles. The number of nitrogens with one attached hydrogen (secondary N) is 2. The number of rotatable bonds is 3. The smallest absolute Gasteiger partial charge is 0.323 e. The lowest BCUT2D eigenvalue weighted by atomic mass is 10.2. The van der Waals surface area contributed by atoms with Crippen molar-refractivity contribution in [2.75, 3.05) is 28.6 Å². The largest absolute Gasteiger partial charge is 0.372 e. The van der Waals surface area contributed by atoms with Crippen LogP contribution in [0.4, 0.5) is 22.0 Å². The van der Waals surface area contributed by atoms with Gasteiger partial charge in [0.1, 0.15) is 5.82 Å². The molecule has 0 radical (unpaired) electrons. The average molecular weight is 377 g/mol. The van der Waals surface area contributed by atoms with Gasteiger partial charge in [-0.1, -0.05) is 18.2 Å². The van der Waals surface area contributed by atoms with Gasteiger partial charge in [0.05, 0.1) is 35.3 Å². The molecule has 2 amide bonds. The highest BCUT2D eigenvalue weighted by atomic mass is 16.5. The van der Waals surface area contributed by atoms with Crippen LogP contribution in [0.1, 0.15) is 13.8 Å². The van der Waals surface area contributed by atoms with Crippen molar-refractivity contribution in [3.05, 3.63) is 54.9 Å². The van der Waals surface area contributed by atoms with Gasteiger partial charge in [-0.15, -0.1) is 0 Å². The predicted molar refractivity (Wildman–Crippen MR) is 111 cm³/mol. The molecule has 7 heteroatoms. The number of aromatic nitrogens is 2. The Balaban J connectivity index is 1.42. The molecule has 2 aromatic heterocycles. The van der Waals surface area contributed by atoms with Gasteiger partial charge in [0, 0.05) is 24.7 Å². The zero-order valence-electron chi connectivity index (χ0n) is 15.9. The first-order chi connectivity index (χ1) is 13.6. The predicted octanol–water partition coefficient (Wildman–Crippen LogP) is 3.89. The van der Waals surface area contributed by atoms with Crippen LogP contribution in [0, 0.1) is 0 Å². The number of morpholine rings is 1.